The van der Waals surface area contributed by atoms with Gasteiger partial charge in [-0.25, -0.2) is 4.79 Å². The fourth-order valence-corrected chi connectivity index (χ4v) is 1.62. The van der Waals surface area contributed by atoms with Gasteiger partial charge < -0.3 is 5.11 Å². The van der Waals surface area contributed by atoms with Crippen LogP contribution in [0.5, 0.6) is 0 Å². The van der Waals surface area contributed by atoms with Gasteiger partial charge in [0, 0.05) is 15.6 Å². The van der Waals surface area contributed by atoms with Crippen molar-refractivity contribution >= 4 is 34.7 Å². The van der Waals surface area contributed by atoms with Crippen LogP contribution in [0.15, 0.2) is 24.0 Å². The Labute approximate surface area is 95.9 Å². The fourth-order valence-electron chi connectivity index (χ4n) is 1.07. The van der Waals surface area contributed by atoms with Crippen LogP contribution in [0.2, 0.25) is 10.0 Å². The maximum Gasteiger partial charge on any atom is 0.365 e. The summed E-state index contributed by atoms with van der Waals surface area (Å²) in [5, 5.41) is 9.09. The van der Waals surface area contributed by atoms with Gasteiger partial charge in [-0.1, -0.05) is 29.3 Å². The zero-order chi connectivity index (χ0) is 11.6. The van der Waals surface area contributed by atoms with E-state index in [2.05, 4.69) is 0 Å². The molecule has 0 fully saturated rings. The average molecular weight is 249 g/mol. The van der Waals surface area contributed by atoms with Crippen LogP contribution in [0.4, 0.5) is 4.39 Å². The average Bonchev–Trinajstić information content (AvgIpc) is 2.15. The van der Waals surface area contributed by atoms with Crippen molar-refractivity contribution < 1.29 is 14.3 Å². The van der Waals surface area contributed by atoms with Crippen molar-refractivity contribution in [3.05, 3.63) is 39.6 Å². The molecule has 0 aliphatic carbocycles. The summed E-state index contributed by atoms with van der Waals surface area (Å²) in [5.41, 5.74) is 0.296. The third-order valence-electron chi connectivity index (χ3n) is 1.85. The lowest BCUT2D eigenvalue weighted by Crippen LogP contribution is -1.98. The van der Waals surface area contributed by atoms with Crippen molar-refractivity contribution in [2.75, 3.05) is 0 Å². The van der Waals surface area contributed by atoms with Gasteiger partial charge in [-0.2, -0.15) is 4.39 Å². The van der Waals surface area contributed by atoms with Crippen molar-refractivity contribution in [3.8, 4) is 0 Å². The summed E-state index contributed by atoms with van der Waals surface area (Å²) in [6.45, 7) is 1.35. The Kier molecular flexibility index (Phi) is 3.72. The number of hydrogen-bond acceptors (Lipinski definition) is 1. The van der Waals surface area contributed by atoms with Crippen LogP contribution in [0, 0.1) is 0 Å². The van der Waals surface area contributed by atoms with Crippen LogP contribution >= 0.6 is 23.2 Å². The number of benzene rings is 1. The molecule has 0 radical (unpaired) electrons. The first-order chi connectivity index (χ1) is 6.93. The normalized spacial score (nSPS) is 12.3. The first-order valence-electron chi connectivity index (χ1n) is 3.98. The van der Waals surface area contributed by atoms with Gasteiger partial charge in [-0.3, -0.25) is 0 Å². The summed E-state index contributed by atoms with van der Waals surface area (Å²) in [6, 6.07) is 4.42. The van der Waals surface area contributed by atoms with Crippen LogP contribution in [-0.4, -0.2) is 11.1 Å². The van der Waals surface area contributed by atoms with E-state index in [0.717, 1.165) is 0 Å². The maximum absolute atomic E-state index is 13.1. The van der Waals surface area contributed by atoms with Gasteiger partial charge in [0.25, 0.3) is 0 Å². The molecule has 0 aliphatic heterocycles. The van der Waals surface area contributed by atoms with Crippen LogP contribution in [0.1, 0.15) is 12.5 Å². The molecule has 2 nitrogen and oxygen atoms in total. The topological polar surface area (TPSA) is 37.3 Å². The second-order valence-electron chi connectivity index (χ2n) is 2.87. The van der Waals surface area contributed by atoms with E-state index in [0.29, 0.717) is 10.6 Å². The predicted octanol–water partition coefficient (Wildman–Crippen LogP) is 3.78. The molecule has 15 heavy (non-hydrogen) atoms. The van der Waals surface area contributed by atoms with Crippen molar-refractivity contribution in [2.24, 2.45) is 0 Å². The number of halogens is 3. The molecule has 0 spiro atoms. The summed E-state index contributed by atoms with van der Waals surface area (Å²) in [6.07, 6.45) is 0. The maximum atomic E-state index is 13.1. The predicted molar refractivity (Wildman–Crippen MR) is 57.8 cm³/mol. The zero-order valence-corrected chi connectivity index (χ0v) is 9.23. The van der Waals surface area contributed by atoms with E-state index >= 15 is 0 Å². The molecule has 0 unspecified atom stereocenters. The lowest BCUT2D eigenvalue weighted by atomic mass is 10.1. The van der Waals surface area contributed by atoms with Gasteiger partial charge in [0.2, 0.25) is 5.83 Å². The monoisotopic (exact) mass is 248 g/mol. The van der Waals surface area contributed by atoms with Crippen molar-refractivity contribution in [2.45, 2.75) is 6.92 Å². The Morgan fingerprint density at radius 1 is 1.40 bits per heavy atom. The molecule has 0 saturated heterocycles. The van der Waals surface area contributed by atoms with Crippen molar-refractivity contribution in [1.82, 2.24) is 0 Å². The molecule has 0 saturated carbocycles. The molecule has 0 atom stereocenters. The SMILES string of the molecule is CC(=C(F)C(=O)O)c1ccc(Cl)cc1Cl. The highest BCUT2D eigenvalue weighted by atomic mass is 35.5. The third-order valence-corrected chi connectivity index (χ3v) is 2.40. The van der Waals surface area contributed by atoms with E-state index in [4.69, 9.17) is 28.3 Å². The molecule has 1 N–H and O–H groups in total. The number of hydrogen-bond donors (Lipinski definition) is 1. The summed E-state index contributed by atoms with van der Waals surface area (Å²) in [7, 11) is 0. The second kappa shape index (κ2) is 4.64. The molecule has 0 aliphatic rings. The smallest absolute Gasteiger partial charge is 0.365 e. The standard InChI is InChI=1S/C10H7Cl2FO2/c1-5(9(13)10(14)15)7-3-2-6(11)4-8(7)12/h2-4H,1H3,(H,14,15). The first kappa shape index (κ1) is 12.0. The summed E-state index contributed by atoms with van der Waals surface area (Å²) < 4.78 is 13.1. The molecule has 0 heterocycles. The quantitative estimate of drug-likeness (QED) is 0.810. The van der Waals surface area contributed by atoms with Gasteiger partial charge in [0.15, 0.2) is 0 Å². The number of carbonyl (C=O) groups is 1. The molecule has 80 valence electrons. The lowest BCUT2D eigenvalue weighted by Gasteiger charge is -2.05. The minimum absolute atomic E-state index is 0.0239. The molecule has 1 aromatic carbocycles. The number of allylic oxidation sites excluding steroid dienone is 1. The van der Waals surface area contributed by atoms with E-state index in [9.17, 15) is 9.18 Å². The van der Waals surface area contributed by atoms with E-state index in [1.54, 1.807) is 0 Å². The summed E-state index contributed by atoms with van der Waals surface area (Å²) in [4.78, 5) is 10.4. The van der Waals surface area contributed by atoms with Crippen molar-refractivity contribution in [1.29, 1.82) is 0 Å². The van der Waals surface area contributed by atoms with Crippen LogP contribution < -0.4 is 0 Å². The van der Waals surface area contributed by atoms with Crippen molar-refractivity contribution in [3.63, 3.8) is 0 Å². The third kappa shape index (κ3) is 2.70. The number of carboxylic acid groups (broad SMARTS) is 1. The molecule has 0 aromatic heterocycles. The molecular formula is C10H7Cl2FO2. The Morgan fingerprint density at radius 3 is 2.47 bits per heavy atom. The molecule has 0 amide bonds. The number of aliphatic carboxylic acids is 1. The van der Waals surface area contributed by atoms with Gasteiger partial charge in [-0.05, 0) is 24.6 Å². The largest absolute Gasteiger partial charge is 0.476 e. The fraction of sp³-hybridized carbons (Fsp3) is 0.100. The van der Waals surface area contributed by atoms with E-state index in [-0.39, 0.29) is 10.6 Å². The van der Waals surface area contributed by atoms with Gasteiger partial charge in [0.05, 0.1) is 0 Å². The Balaban J connectivity index is 3.29. The molecule has 1 aromatic rings. The molecule has 0 bridgehead atoms. The van der Waals surface area contributed by atoms with Crippen LogP contribution in [0.25, 0.3) is 5.57 Å². The molecule has 5 heteroatoms. The summed E-state index contributed by atoms with van der Waals surface area (Å²) in [5.74, 6) is -2.84. The van der Waals surface area contributed by atoms with E-state index in [1.165, 1.54) is 25.1 Å². The molecule has 1 rings (SSSR count). The Hall–Kier alpha value is -1.06. The number of rotatable bonds is 2. The second-order valence-corrected chi connectivity index (χ2v) is 3.71. The molecular weight excluding hydrogens is 242 g/mol. The van der Waals surface area contributed by atoms with E-state index in [1.807, 2.05) is 0 Å². The number of carboxylic acids is 1. The summed E-state index contributed by atoms with van der Waals surface area (Å²) >= 11 is 11.4. The highest BCUT2D eigenvalue weighted by molar-refractivity contribution is 6.35. The highest BCUT2D eigenvalue weighted by Crippen LogP contribution is 2.29. The van der Waals surface area contributed by atoms with Gasteiger partial charge >= 0.3 is 5.97 Å². The van der Waals surface area contributed by atoms with Gasteiger partial charge in [-0.15, -0.1) is 0 Å². The lowest BCUT2D eigenvalue weighted by molar-refractivity contribution is -0.134. The first-order valence-corrected chi connectivity index (χ1v) is 4.74. The van der Waals surface area contributed by atoms with Gasteiger partial charge in [0.1, 0.15) is 0 Å². The zero-order valence-electron chi connectivity index (χ0n) is 7.72. The highest BCUT2D eigenvalue weighted by Gasteiger charge is 2.14. The van der Waals surface area contributed by atoms with Crippen LogP contribution in [0.3, 0.4) is 0 Å². The Bertz CT molecular complexity index is 441. The Morgan fingerprint density at radius 2 is 2.00 bits per heavy atom. The minimum Gasteiger partial charge on any atom is -0.476 e. The van der Waals surface area contributed by atoms with Crippen LogP contribution in [-0.2, 0) is 4.79 Å². The minimum atomic E-state index is -1.61. The van der Waals surface area contributed by atoms with E-state index < -0.39 is 11.8 Å².